The number of hydrogen-bond acceptors (Lipinski definition) is 3. The monoisotopic (exact) mass is 219 g/mol. The van der Waals surface area contributed by atoms with Crippen LogP contribution >= 0.6 is 11.8 Å². The summed E-state index contributed by atoms with van der Waals surface area (Å²) in [5.41, 5.74) is 0. The lowest BCUT2D eigenvalue weighted by molar-refractivity contribution is 0.262. The third-order valence-electron chi connectivity index (χ3n) is 2.58. The minimum atomic E-state index is 0.346. The molecule has 0 radical (unpaired) electrons. The van der Waals surface area contributed by atoms with E-state index < -0.39 is 0 Å². The number of rotatable bonds is 9. The van der Waals surface area contributed by atoms with Crippen molar-refractivity contribution >= 4 is 11.8 Å². The molecule has 0 fully saturated rings. The van der Waals surface area contributed by atoms with Gasteiger partial charge in [0.25, 0.3) is 0 Å². The first kappa shape index (κ1) is 14.3. The van der Waals surface area contributed by atoms with E-state index in [2.05, 4.69) is 25.1 Å². The lowest BCUT2D eigenvalue weighted by Gasteiger charge is -2.23. The molecule has 0 amide bonds. The lowest BCUT2D eigenvalue weighted by atomic mass is 10.2. The lowest BCUT2D eigenvalue weighted by Crippen LogP contribution is -2.31. The molecule has 0 rings (SSSR count). The van der Waals surface area contributed by atoms with E-state index in [0.29, 0.717) is 12.6 Å². The Morgan fingerprint density at radius 1 is 1.21 bits per heavy atom. The van der Waals surface area contributed by atoms with Gasteiger partial charge >= 0.3 is 0 Å². The molecule has 0 saturated heterocycles. The summed E-state index contributed by atoms with van der Waals surface area (Å²) in [5, 5.41) is 8.62. The van der Waals surface area contributed by atoms with Crippen LogP contribution in [0.25, 0.3) is 0 Å². The molecule has 2 nitrogen and oxygen atoms in total. The van der Waals surface area contributed by atoms with Crippen molar-refractivity contribution in [1.82, 2.24) is 4.90 Å². The molecule has 0 bridgehead atoms. The molecule has 1 N–H and O–H groups in total. The van der Waals surface area contributed by atoms with Gasteiger partial charge in [0, 0.05) is 18.4 Å². The number of aliphatic hydroxyl groups excluding tert-OH is 1. The molecule has 0 aliphatic heterocycles. The third kappa shape index (κ3) is 7.65. The van der Waals surface area contributed by atoms with Crippen LogP contribution in [0.2, 0.25) is 0 Å². The minimum absolute atomic E-state index is 0.346. The van der Waals surface area contributed by atoms with E-state index in [1.807, 2.05) is 11.8 Å². The second kappa shape index (κ2) is 9.81. The average molecular weight is 219 g/mol. The van der Waals surface area contributed by atoms with Crippen LogP contribution in [0, 0.1) is 0 Å². The summed E-state index contributed by atoms with van der Waals surface area (Å²) in [5.74, 6) is 1.22. The fraction of sp³-hybridized carbons (Fsp3) is 1.00. The summed E-state index contributed by atoms with van der Waals surface area (Å²) in [6.07, 6.45) is 6.79. The molecule has 0 aromatic heterocycles. The second-order valence-electron chi connectivity index (χ2n) is 3.92. The topological polar surface area (TPSA) is 23.5 Å². The number of hydrogen-bond donors (Lipinski definition) is 1. The predicted octanol–water partition coefficient (Wildman–Crippen LogP) is 2.22. The van der Waals surface area contributed by atoms with Crippen molar-refractivity contribution in [3.8, 4) is 0 Å². The predicted molar refractivity (Wildman–Crippen MR) is 66.0 cm³/mol. The van der Waals surface area contributed by atoms with E-state index >= 15 is 0 Å². The molecule has 86 valence electrons. The summed E-state index contributed by atoms with van der Waals surface area (Å²) >= 11 is 1.91. The molecule has 0 saturated carbocycles. The quantitative estimate of drug-likeness (QED) is 0.602. The highest BCUT2D eigenvalue weighted by molar-refractivity contribution is 7.98. The Morgan fingerprint density at radius 2 is 1.86 bits per heavy atom. The van der Waals surface area contributed by atoms with Crippen LogP contribution in [0.15, 0.2) is 0 Å². The largest absolute Gasteiger partial charge is 0.396 e. The van der Waals surface area contributed by atoms with E-state index in [1.165, 1.54) is 31.6 Å². The minimum Gasteiger partial charge on any atom is -0.396 e. The van der Waals surface area contributed by atoms with Crippen molar-refractivity contribution in [3.63, 3.8) is 0 Å². The van der Waals surface area contributed by atoms with Gasteiger partial charge in [-0.25, -0.2) is 0 Å². The maximum absolute atomic E-state index is 8.62. The van der Waals surface area contributed by atoms with Gasteiger partial charge in [0.1, 0.15) is 0 Å². The Hall–Kier alpha value is 0.270. The van der Waals surface area contributed by atoms with Crippen molar-refractivity contribution in [2.75, 3.05) is 32.2 Å². The van der Waals surface area contributed by atoms with Crippen LogP contribution < -0.4 is 0 Å². The van der Waals surface area contributed by atoms with E-state index in [-0.39, 0.29) is 0 Å². The zero-order valence-corrected chi connectivity index (χ0v) is 10.6. The maximum Gasteiger partial charge on any atom is 0.0431 e. The number of aliphatic hydroxyl groups is 1. The summed E-state index contributed by atoms with van der Waals surface area (Å²) in [7, 11) is 2.20. The average Bonchev–Trinajstić information content (AvgIpc) is 2.17. The highest BCUT2D eigenvalue weighted by atomic mass is 32.2. The molecule has 0 aromatic rings. The molecule has 0 aliphatic carbocycles. The van der Waals surface area contributed by atoms with Crippen molar-refractivity contribution in [3.05, 3.63) is 0 Å². The first-order valence-corrected chi connectivity index (χ1v) is 6.91. The molecule has 0 aliphatic rings. The molecule has 14 heavy (non-hydrogen) atoms. The van der Waals surface area contributed by atoms with Gasteiger partial charge in [-0.05, 0) is 39.6 Å². The Labute approximate surface area is 93.1 Å². The van der Waals surface area contributed by atoms with Gasteiger partial charge in [0.15, 0.2) is 0 Å². The first-order chi connectivity index (χ1) is 6.72. The van der Waals surface area contributed by atoms with Gasteiger partial charge in [0.2, 0.25) is 0 Å². The van der Waals surface area contributed by atoms with Gasteiger partial charge < -0.3 is 10.0 Å². The van der Waals surface area contributed by atoms with Crippen LogP contribution in [0.1, 0.15) is 32.6 Å². The van der Waals surface area contributed by atoms with Crippen molar-refractivity contribution in [2.45, 2.75) is 38.6 Å². The zero-order valence-electron chi connectivity index (χ0n) is 9.83. The normalized spacial score (nSPS) is 13.5. The van der Waals surface area contributed by atoms with E-state index in [0.717, 1.165) is 6.42 Å². The fourth-order valence-corrected chi connectivity index (χ4v) is 2.15. The summed E-state index contributed by atoms with van der Waals surface area (Å²) in [6.45, 7) is 3.82. The number of unbranched alkanes of at least 4 members (excludes halogenated alkanes) is 3. The summed E-state index contributed by atoms with van der Waals surface area (Å²) in [6, 6.07) is 0.683. The van der Waals surface area contributed by atoms with Crippen molar-refractivity contribution < 1.29 is 5.11 Å². The molecular weight excluding hydrogens is 194 g/mol. The number of nitrogens with zero attached hydrogens (tertiary/aromatic N) is 1. The van der Waals surface area contributed by atoms with Crippen LogP contribution in [0.4, 0.5) is 0 Å². The van der Waals surface area contributed by atoms with Crippen LogP contribution in [0.5, 0.6) is 0 Å². The standard InChI is InChI=1S/C11H25NOS/c1-11(10-14-3)12(2)8-6-4-5-7-9-13/h11,13H,4-10H2,1-3H3. The van der Waals surface area contributed by atoms with Gasteiger partial charge in [-0.2, -0.15) is 11.8 Å². The van der Waals surface area contributed by atoms with E-state index in [1.54, 1.807) is 0 Å². The van der Waals surface area contributed by atoms with Gasteiger partial charge in [-0.1, -0.05) is 12.8 Å². The second-order valence-corrected chi connectivity index (χ2v) is 4.83. The van der Waals surface area contributed by atoms with Crippen LogP contribution in [-0.2, 0) is 0 Å². The smallest absolute Gasteiger partial charge is 0.0431 e. The number of thioether (sulfide) groups is 1. The van der Waals surface area contributed by atoms with Crippen LogP contribution in [-0.4, -0.2) is 48.3 Å². The Kier molecular flexibility index (Phi) is 10.0. The Balaban J connectivity index is 3.29. The first-order valence-electron chi connectivity index (χ1n) is 5.52. The Morgan fingerprint density at radius 3 is 2.43 bits per heavy atom. The van der Waals surface area contributed by atoms with E-state index in [4.69, 9.17) is 5.11 Å². The molecule has 0 spiro atoms. The van der Waals surface area contributed by atoms with Gasteiger partial charge in [0.05, 0.1) is 0 Å². The summed E-state index contributed by atoms with van der Waals surface area (Å²) < 4.78 is 0. The summed E-state index contributed by atoms with van der Waals surface area (Å²) in [4.78, 5) is 2.43. The molecule has 1 atom stereocenters. The fourth-order valence-electron chi connectivity index (χ4n) is 1.42. The zero-order chi connectivity index (χ0) is 10.8. The van der Waals surface area contributed by atoms with Gasteiger partial charge in [-0.3, -0.25) is 0 Å². The van der Waals surface area contributed by atoms with Gasteiger partial charge in [-0.15, -0.1) is 0 Å². The third-order valence-corrected chi connectivity index (χ3v) is 3.39. The highest BCUT2D eigenvalue weighted by Crippen LogP contribution is 2.06. The maximum atomic E-state index is 8.62. The van der Waals surface area contributed by atoms with Crippen molar-refractivity contribution in [1.29, 1.82) is 0 Å². The molecule has 0 heterocycles. The SMILES string of the molecule is CSCC(C)N(C)CCCCCCO. The molecular formula is C11H25NOS. The molecule has 1 unspecified atom stereocenters. The molecule has 3 heteroatoms. The highest BCUT2D eigenvalue weighted by Gasteiger charge is 2.06. The Bertz CT molecular complexity index is 122. The molecule has 0 aromatic carbocycles. The van der Waals surface area contributed by atoms with E-state index in [9.17, 15) is 0 Å². The van der Waals surface area contributed by atoms with Crippen LogP contribution in [0.3, 0.4) is 0 Å². The van der Waals surface area contributed by atoms with Crippen molar-refractivity contribution in [2.24, 2.45) is 0 Å².